The van der Waals surface area contributed by atoms with Gasteiger partial charge in [0.1, 0.15) is 11.5 Å². The summed E-state index contributed by atoms with van der Waals surface area (Å²) in [6, 6.07) is 18.7. The number of rotatable bonds is 7. The molecule has 0 spiro atoms. The van der Waals surface area contributed by atoms with Gasteiger partial charge in [-0.3, -0.25) is 4.57 Å². The molecule has 2 heterocycles. The lowest BCUT2D eigenvalue weighted by molar-refractivity contribution is 0.412. The summed E-state index contributed by atoms with van der Waals surface area (Å²) in [5.74, 6) is 1.38. The van der Waals surface area contributed by atoms with E-state index in [-0.39, 0.29) is 11.7 Å². The molecule has 1 saturated carbocycles. The van der Waals surface area contributed by atoms with Gasteiger partial charge in [-0.15, -0.1) is 21.5 Å². The summed E-state index contributed by atoms with van der Waals surface area (Å²) in [6.07, 6.45) is 0.602. The lowest BCUT2D eigenvalue weighted by Crippen LogP contribution is -2.15. The molecule has 9 heteroatoms. The molecule has 0 N–H and O–H groups in total. The Balaban J connectivity index is 1.51. The van der Waals surface area contributed by atoms with E-state index in [1.54, 1.807) is 23.8 Å². The normalized spacial score (nSPS) is 17.9. The number of nitrogens with zero attached hydrogens (tertiary/aromatic N) is 3. The summed E-state index contributed by atoms with van der Waals surface area (Å²) in [4.78, 5) is 0.900. The number of ether oxygens (including phenoxy) is 1. The molecule has 0 radical (unpaired) electrons. The number of methoxy groups -OCH3 is 1. The fourth-order valence-electron chi connectivity index (χ4n) is 3.96. The fourth-order valence-corrected chi connectivity index (χ4v) is 6.70. The lowest BCUT2D eigenvalue weighted by atomic mass is 10.1. The molecule has 32 heavy (non-hydrogen) atoms. The molecule has 0 saturated heterocycles. The SMILES string of the molecule is COc1ccccc1-n1c(CS(=O)(=O)[C@@H]2C[C@H]2c2ccc(Cl)cc2)nnc1-c1cccs1. The van der Waals surface area contributed by atoms with E-state index in [1.165, 1.54) is 11.3 Å². The highest BCUT2D eigenvalue weighted by atomic mass is 35.5. The first kappa shape index (κ1) is 21.2. The van der Waals surface area contributed by atoms with Gasteiger partial charge in [-0.2, -0.15) is 0 Å². The number of para-hydroxylation sites is 2. The van der Waals surface area contributed by atoms with Crippen molar-refractivity contribution in [3.05, 3.63) is 82.5 Å². The average Bonchev–Trinajstić information content (AvgIpc) is 3.24. The van der Waals surface area contributed by atoms with Gasteiger partial charge in [-0.1, -0.05) is 41.9 Å². The Morgan fingerprint density at radius 3 is 2.59 bits per heavy atom. The second-order valence-corrected chi connectivity index (χ2v) is 11.3. The van der Waals surface area contributed by atoms with E-state index in [1.807, 2.05) is 53.9 Å². The predicted molar refractivity (Wildman–Crippen MR) is 126 cm³/mol. The highest BCUT2D eigenvalue weighted by molar-refractivity contribution is 7.91. The Kier molecular flexibility index (Phi) is 5.53. The Morgan fingerprint density at radius 1 is 1.09 bits per heavy atom. The summed E-state index contributed by atoms with van der Waals surface area (Å²) < 4.78 is 34.0. The number of halogens is 1. The molecule has 0 unspecified atom stereocenters. The molecular formula is C23H20ClN3O3S2. The third-order valence-electron chi connectivity index (χ3n) is 5.62. The maximum Gasteiger partial charge on any atom is 0.178 e. The molecule has 164 valence electrons. The van der Waals surface area contributed by atoms with E-state index < -0.39 is 15.1 Å². The van der Waals surface area contributed by atoms with Crippen molar-refractivity contribution in [1.29, 1.82) is 0 Å². The van der Waals surface area contributed by atoms with Crippen molar-refractivity contribution in [1.82, 2.24) is 14.8 Å². The summed E-state index contributed by atoms with van der Waals surface area (Å²) in [6.45, 7) is 0. The van der Waals surface area contributed by atoms with Gasteiger partial charge in [0, 0.05) is 10.9 Å². The highest BCUT2D eigenvalue weighted by Gasteiger charge is 2.48. The van der Waals surface area contributed by atoms with Gasteiger partial charge in [0.25, 0.3) is 0 Å². The molecule has 2 aromatic carbocycles. The lowest BCUT2D eigenvalue weighted by Gasteiger charge is -2.14. The monoisotopic (exact) mass is 485 g/mol. The van der Waals surface area contributed by atoms with E-state index in [4.69, 9.17) is 16.3 Å². The zero-order chi connectivity index (χ0) is 22.3. The third-order valence-corrected chi connectivity index (χ3v) is 8.84. The van der Waals surface area contributed by atoms with E-state index >= 15 is 0 Å². The van der Waals surface area contributed by atoms with Gasteiger partial charge < -0.3 is 4.74 Å². The quantitative estimate of drug-likeness (QED) is 0.363. The van der Waals surface area contributed by atoms with Crippen LogP contribution in [0.1, 0.15) is 23.7 Å². The van der Waals surface area contributed by atoms with Crippen LogP contribution >= 0.6 is 22.9 Å². The molecule has 0 amide bonds. The fraction of sp³-hybridized carbons (Fsp3) is 0.217. The van der Waals surface area contributed by atoms with Gasteiger partial charge in [0.15, 0.2) is 21.5 Å². The average molecular weight is 486 g/mol. The van der Waals surface area contributed by atoms with Gasteiger partial charge in [-0.25, -0.2) is 8.42 Å². The van der Waals surface area contributed by atoms with Crippen molar-refractivity contribution < 1.29 is 13.2 Å². The van der Waals surface area contributed by atoms with Gasteiger partial charge in [0.05, 0.1) is 22.9 Å². The van der Waals surface area contributed by atoms with Crippen molar-refractivity contribution in [2.24, 2.45) is 0 Å². The molecule has 5 rings (SSSR count). The summed E-state index contributed by atoms with van der Waals surface area (Å²) in [7, 11) is -1.86. The standard InChI is InChI=1S/C23H20ClN3O3S2/c1-30-19-6-3-2-5-18(19)27-22(25-26-23(27)20-7-4-12-31-20)14-32(28,29)21-13-17(21)15-8-10-16(24)11-9-15/h2-12,17,21H,13-14H2,1H3/t17-,21+/m0/s1. The topological polar surface area (TPSA) is 74.1 Å². The van der Waals surface area contributed by atoms with Crippen molar-refractivity contribution >= 4 is 32.8 Å². The largest absolute Gasteiger partial charge is 0.495 e. The highest BCUT2D eigenvalue weighted by Crippen LogP contribution is 2.47. The first-order valence-electron chi connectivity index (χ1n) is 10.1. The smallest absolute Gasteiger partial charge is 0.178 e. The molecule has 0 bridgehead atoms. The number of aromatic nitrogens is 3. The Bertz CT molecular complexity index is 1350. The minimum atomic E-state index is -3.45. The minimum Gasteiger partial charge on any atom is -0.495 e. The molecular weight excluding hydrogens is 466 g/mol. The van der Waals surface area contributed by atoms with Gasteiger partial charge in [-0.05, 0) is 47.7 Å². The second kappa shape index (κ2) is 8.35. The van der Waals surface area contributed by atoms with Crippen LogP contribution in [0, 0.1) is 0 Å². The second-order valence-electron chi connectivity index (χ2n) is 7.66. The molecule has 2 aromatic heterocycles. The van der Waals surface area contributed by atoms with Crippen LogP contribution in [0.15, 0.2) is 66.0 Å². The van der Waals surface area contributed by atoms with E-state index in [0.717, 1.165) is 10.4 Å². The first-order chi connectivity index (χ1) is 15.5. The van der Waals surface area contributed by atoms with Crippen LogP contribution in [0.5, 0.6) is 5.75 Å². The minimum absolute atomic E-state index is 0.0170. The van der Waals surface area contributed by atoms with E-state index in [9.17, 15) is 8.42 Å². The van der Waals surface area contributed by atoms with Gasteiger partial charge in [0.2, 0.25) is 0 Å². The van der Waals surface area contributed by atoms with E-state index in [0.29, 0.717) is 34.5 Å². The zero-order valence-electron chi connectivity index (χ0n) is 17.2. The summed E-state index contributed by atoms with van der Waals surface area (Å²) in [5.41, 5.74) is 1.70. The Morgan fingerprint density at radius 2 is 1.88 bits per heavy atom. The van der Waals surface area contributed by atoms with Crippen LogP contribution < -0.4 is 4.74 Å². The maximum atomic E-state index is 13.3. The van der Waals surface area contributed by atoms with Crippen LogP contribution in [0.2, 0.25) is 5.02 Å². The molecule has 6 nitrogen and oxygen atoms in total. The van der Waals surface area contributed by atoms with Crippen LogP contribution in [-0.4, -0.2) is 35.5 Å². The van der Waals surface area contributed by atoms with Crippen LogP contribution in [0.3, 0.4) is 0 Å². The number of benzene rings is 2. The molecule has 0 aliphatic heterocycles. The Hall–Kier alpha value is -2.68. The number of sulfone groups is 1. The van der Waals surface area contributed by atoms with Crippen LogP contribution in [-0.2, 0) is 15.6 Å². The predicted octanol–water partition coefficient (Wildman–Crippen LogP) is 5.13. The molecule has 1 aliphatic carbocycles. The van der Waals surface area contributed by atoms with Crippen molar-refractivity contribution in [2.45, 2.75) is 23.3 Å². The molecule has 2 atom stereocenters. The number of hydrogen-bond acceptors (Lipinski definition) is 6. The van der Waals surface area contributed by atoms with Crippen molar-refractivity contribution in [3.63, 3.8) is 0 Å². The maximum absolute atomic E-state index is 13.3. The zero-order valence-corrected chi connectivity index (χ0v) is 19.6. The van der Waals surface area contributed by atoms with Crippen molar-refractivity contribution in [2.75, 3.05) is 7.11 Å². The van der Waals surface area contributed by atoms with Crippen molar-refractivity contribution in [3.8, 4) is 22.1 Å². The van der Waals surface area contributed by atoms with Crippen LogP contribution in [0.4, 0.5) is 0 Å². The summed E-state index contributed by atoms with van der Waals surface area (Å²) in [5, 5.41) is 10.8. The third kappa shape index (κ3) is 3.94. The molecule has 1 fully saturated rings. The van der Waals surface area contributed by atoms with E-state index in [2.05, 4.69) is 10.2 Å². The Labute approximate surface area is 195 Å². The summed E-state index contributed by atoms with van der Waals surface area (Å²) >= 11 is 7.49. The number of thiophene rings is 1. The number of hydrogen-bond donors (Lipinski definition) is 0. The molecule has 4 aromatic rings. The van der Waals surface area contributed by atoms with Gasteiger partial charge >= 0.3 is 0 Å². The molecule has 1 aliphatic rings. The first-order valence-corrected chi connectivity index (χ1v) is 13.0. The van der Waals surface area contributed by atoms with Crippen LogP contribution in [0.25, 0.3) is 16.4 Å².